The smallest absolute Gasteiger partial charge is 0.164 e. The van der Waals surface area contributed by atoms with E-state index < -0.39 is 0 Å². The van der Waals surface area contributed by atoms with Crippen LogP contribution in [0.5, 0.6) is 0 Å². The summed E-state index contributed by atoms with van der Waals surface area (Å²) < 4.78 is 0. The molecule has 88 heavy (non-hydrogen) atoms. The Morgan fingerprint density at radius 2 is 0.409 bits per heavy atom. The fraction of sp³-hybridized carbons (Fsp3) is 0. The molecule has 0 aliphatic rings. The van der Waals surface area contributed by atoms with Gasteiger partial charge in [-0.05, 0) is 115 Å². The topological polar surface area (TPSA) is 129 Å². The Morgan fingerprint density at radius 3 is 0.670 bits per heavy atom. The number of hydrogen-bond donors (Lipinski definition) is 0. The molecule has 16 rings (SSSR count). The third-order valence-electron chi connectivity index (χ3n) is 16.2. The van der Waals surface area contributed by atoms with Gasteiger partial charge in [-0.25, -0.2) is 29.9 Å². The molecule has 0 spiro atoms. The van der Waals surface area contributed by atoms with Crippen LogP contribution in [0, 0.1) is 0 Å². The molecule has 6 heterocycles. The molecule has 10 nitrogen and oxygen atoms in total. The third-order valence-corrected chi connectivity index (χ3v) is 16.2. The Balaban J connectivity index is 0.939. The highest BCUT2D eigenvalue weighted by atomic mass is 15.0. The van der Waals surface area contributed by atoms with Crippen molar-refractivity contribution in [2.75, 3.05) is 0 Å². The minimum atomic E-state index is 0.538. The Morgan fingerprint density at radius 1 is 0.170 bits per heavy atom. The minimum absolute atomic E-state index is 0.538. The maximum atomic E-state index is 5.45. The molecule has 0 saturated heterocycles. The first-order valence-corrected chi connectivity index (χ1v) is 29.1. The molecule has 6 aromatic heterocycles. The number of rotatable bonds is 12. The van der Waals surface area contributed by atoms with Crippen LogP contribution in [-0.4, -0.2) is 49.8 Å². The lowest BCUT2D eigenvalue weighted by atomic mass is 9.83. The fourth-order valence-corrected chi connectivity index (χ4v) is 11.9. The zero-order valence-electron chi connectivity index (χ0n) is 47.2. The summed E-state index contributed by atoms with van der Waals surface area (Å²) in [4.78, 5) is 50.8. The van der Waals surface area contributed by atoms with Crippen molar-refractivity contribution in [1.82, 2.24) is 49.8 Å². The molecule has 0 amide bonds. The van der Waals surface area contributed by atoms with E-state index >= 15 is 0 Å². The van der Waals surface area contributed by atoms with Crippen LogP contribution < -0.4 is 0 Å². The number of benzene rings is 10. The average molecular weight is 1130 g/mol. The van der Waals surface area contributed by atoms with Gasteiger partial charge in [0.15, 0.2) is 34.9 Å². The summed E-state index contributed by atoms with van der Waals surface area (Å²) in [5.41, 5.74) is 16.8. The predicted molar refractivity (Wildman–Crippen MR) is 353 cm³/mol. The van der Waals surface area contributed by atoms with E-state index in [1.165, 1.54) is 0 Å². The quantitative estimate of drug-likeness (QED) is 0.109. The number of hydrogen-bond acceptors (Lipinski definition) is 10. The largest absolute Gasteiger partial charge is 0.256 e. The van der Waals surface area contributed by atoms with Gasteiger partial charge in [0, 0.05) is 80.4 Å². The zero-order valence-corrected chi connectivity index (χ0v) is 47.2. The van der Waals surface area contributed by atoms with Crippen LogP contribution in [0.25, 0.3) is 168 Å². The van der Waals surface area contributed by atoms with Crippen molar-refractivity contribution in [2.45, 2.75) is 0 Å². The van der Waals surface area contributed by atoms with Crippen LogP contribution in [-0.2, 0) is 0 Å². The first kappa shape index (κ1) is 51.5. The van der Waals surface area contributed by atoms with E-state index in [9.17, 15) is 0 Å². The standard InChI is InChI=1S/C78H48N10/c1-3-15-49(16-4-1)63-47-65(77-85-73(55-31-23-51(24-32-55)67-19-7-11-43-79-67)83-74(86-77)56-33-25-52(26-34-56)68-20-8-12-44-80-68)61-42-40-60-64(50-17-5-2-6-18-50)48-66(62-41-39-59(63)71(61)72(60)62)78-87-75(57-35-27-53(28-36-57)69-21-9-13-45-81-69)84-76(88-78)58-37-29-54(30-38-58)70-22-10-14-46-82-70/h1-48H. The lowest BCUT2D eigenvalue weighted by Crippen LogP contribution is -2.02. The van der Waals surface area contributed by atoms with E-state index in [1.54, 1.807) is 0 Å². The van der Waals surface area contributed by atoms with Gasteiger partial charge in [0.05, 0.1) is 22.8 Å². The Labute approximate surface area is 506 Å². The molecule has 16 aromatic rings. The molecule has 0 aliphatic heterocycles. The second kappa shape index (κ2) is 22.1. The van der Waals surface area contributed by atoms with E-state index in [1.807, 2.05) is 97.6 Å². The van der Waals surface area contributed by atoms with Gasteiger partial charge in [0.2, 0.25) is 0 Å². The SMILES string of the molecule is c1ccc(-c2cc(-c3nc(-c4ccc(-c5ccccn5)cc4)nc(-c4ccc(-c5ccccn5)cc4)n3)c3ccc4c(-c5ccccc5)cc(-c5nc(-c6ccc(-c7ccccn7)cc6)nc(-c6ccc(-c7ccccn7)cc6)n5)c5ccc2c3c45)cc1. The maximum absolute atomic E-state index is 5.45. The second-order valence-corrected chi connectivity index (χ2v) is 21.5. The minimum Gasteiger partial charge on any atom is -0.256 e. The monoisotopic (exact) mass is 1120 g/mol. The maximum Gasteiger partial charge on any atom is 0.164 e. The molecule has 0 bridgehead atoms. The molecule has 0 saturated carbocycles. The molecule has 0 atom stereocenters. The molecular formula is C78H48N10. The molecule has 10 heteroatoms. The lowest BCUT2D eigenvalue weighted by Gasteiger charge is -2.21. The van der Waals surface area contributed by atoms with Crippen molar-refractivity contribution in [3.05, 3.63) is 292 Å². The number of pyridine rings is 4. The van der Waals surface area contributed by atoms with Gasteiger partial charge in [0.25, 0.3) is 0 Å². The molecule has 0 radical (unpaired) electrons. The Bertz CT molecular complexity index is 4640. The van der Waals surface area contributed by atoms with Gasteiger partial charge in [-0.1, -0.05) is 206 Å². The van der Waals surface area contributed by atoms with Gasteiger partial charge in [-0.3, -0.25) is 19.9 Å². The highest BCUT2D eigenvalue weighted by Gasteiger charge is 2.25. The summed E-state index contributed by atoms with van der Waals surface area (Å²) in [7, 11) is 0. The first-order chi connectivity index (χ1) is 43.6. The summed E-state index contributed by atoms with van der Waals surface area (Å²) in [5.74, 6) is 3.25. The highest BCUT2D eigenvalue weighted by molar-refractivity contribution is 6.31. The average Bonchev–Trinajstić information content (AvgIpc) is 0.803. The fourth-order valence-electron chi connectivity index (χ4n) is 11.9. The van der Waals surface area contributed by atoms with Gasteiger partial charge in [0.1, 0.15) is 0 Å². The van der Waals surface area contributed by atoms with Gasteiger partial charge in [-0.15, -0.1) is 0 Å². The molecule has 0 N–H and O–H groups in total. The van der Waals surface area contributed by atoms with Crippen molar-refractivity contribution < 1.29 is 0 Å². The molecular weight excluding hydrogens is 1080 g/mol. The normalized spacial score (nSPS) is 11.4. The molecule has 0 fully saturated rings. The van der Waals surface area contributed by atoms with Crippen molar-refractivity contribution in [2.24, 2.45) is 0 Å². The van der Waals surface area contributed by atoms with E-state index in [0.29, 0.717) is 34.9 Å². The number of nitrogens with zero attached hydrogens (tertiary/aromatic N) is 10. The molecule has 0 aliphatic carbocycles. The van der Waals surface area contributed by atoms with Crippen LogP contribution in [0.15, 0.2) is 292 Å². The summed E-state index contributed by atoms with van der Waals surface area (Å²) in [6.07, 6.45) is 7.25. The Hall–Kier alpha value is -12.1. The van der Waals surface area contributed by atoms with E-state index in [4.69, 9.17) is 29.9 Å². The van der Waals surface area contributed by atoms with Crippen LogP contribution in [0.2, 0.25) is 0 Å². The predicted octanol–water partition coefficient (Wildman–Crippen LogP) is 18.5. The molecule has 10 aromatic carbocycles. The van der Waals surface area contributed by atoms with Gasteiger partial charge >= 0.3 is 0 Å². The van der Waals surface area contributed by atoms with E-state index in [-0.39, 0.29) is 0 Å². The van der Waals surface area contributed by atoms with Crippen LogP contribution in [0.1, 0.15) is 0 Å². The highest BCUT2D eigenvalue weighted by Crippen LogP contribution is 2.48. The zero-order chi connectivity index (χ0) is 58.3. The first-order valence-electron chi connectivity index (χ1n) is 29.1. The van der Waals surface area contributed by atoms with Crippen LogP contribution in [0.4, 0.5) is 0 Å². The molecule has 0 unspecified atom stereocenters. The summed E-state index contributed by atoms with van der Waals surface area (Å²) in [5, 5.41) is 6.28. The van der Waals surface area contributed by atoms with Gasteiger partial charge in [-0.2, -0.15) is 0 Å². The van der Waals surface area contributed by atoms with E-state index in [0.717, 1.165) is 133 Å². The van der Waals surface area contributed by atoms with Crippen molar-refractivity contribution in [3.8, 4) is 136 Å². The summed E-state index contributed by atoms with van der Waals surface area (Å²) in [6.45, 7) is 0. The van der Waals surface area contributed by atoms with Crippen LogP contribution >= 0.6 is 0 Å². The summed E-state index contributed by atoms with van der Waals surface area (Å²) in [6, 6.07) is 91.6. The van der Waals surface area contributed by atoms with E-state index in [2.05, 4.69) is 214 Å². The number of aromatic nitrogens is 10. The van der Waals surface area contributed by atoms with Gasteiger partial charge < -0.3 is 0 Å². The van der Waals surface area contributed by atoms with Crippen LogP contribution in [0.3, 0.4) is 0 Å². The summed E-state index contributed by atoms with van der Waals surface area (Å²) >= 11 is 0. The third kappa shape index (κ3) is 9.62. The Kier molecular flexibility index (Phi) is 12.9. The second-order valence-electron chi connectivity index (χ2n) is 21.5. The van der Waals surface area contributed by atoms with Crippen molar-refractivity contribution in [1.29, 1.82) is 0 Å². The molecule has 410 valence electrons. The lowest BCUT2D eigenvalue weighted by molar-refractivity contribution is 1.08. The van der Waals surface area contributed by atoms with Crippen molar-refractivity contribution >= 4 is 32.3 Å². The van der Waals surface area contributed by atoms with Crippen molar-refractivity contribution in [3.63, 3.8) is 0 Å².